The van der Waals surface area contributed by atoms with Gasteiger partial charge >= 0.3 is 0 Å². The molecule has 2 nitrogen and oxygen atoms in total. The first-order valence-corrected chi connectivity index (χ1v) is 4.32. The average molecular weight is 309 g/mol. The van der Waals surface area contributed by atoms with Crippen molar-refractivity contribution in [2.24, 2.45) is 0 Å². The molecule has 0 aliphatic rings. The maximum absolute atomic E-state index is 8.52. The van der Waals surface area contributed by atoms with Crippen LogP contribution < -0.4 is 0 Å². The molecule has 0 radical (unpaired) electrons. The standard InChI is InChI=1S/C6H2BrIN2/c7-6-4(1-9)2-10-3-5(6)8/h2-3H. The van der Waals surface area contributed by atoms with Crippen molar-refractivity contribution in [3.63, 3.8) is 0 Å². The Kier molecular flexibility index (Phi) is 2.63. The molecule has 0 unspecified atom stereocenters. The number of pyridine rings is 1. The van der Waals surface area contributed by atoms with Crippen LogP contribution in [-0.2, 0) is 0 Å². The quantitative estimate of drug-likeness (QED) is 0.690. The number of aromatic nitrogens is 1. The van der Waals surface area contributed by atoms with Crippen molar-refractivity contribution < 1.29 is 0 Å². The van der Waals surface area contributed by atoms with E-state index < -0.39 is 0 Å². The van der Waals surface area contributed by atoms with Gasteiger partial charge in [-0.25, -0.2) is 0 Å². The first-order chi connectivity index (χ1) is 4.75. The van der Waals surface area contributed by atoms with Gasteiger partial charge in [0.1, 0.15) is 6.07 Å². The minimum absolute atomic E-state index is 0.576. The SMILES string of the molecule is N#Cc1cncc(I)c1Br. The van der Waals surface area contributed by atoms with Crippen molar-refractivity contribution in [3.8, 4) is 6.07 Å². The van der Waals surface area contributed by atoms with Crippen LogP contribution in [0.5, 0.6) is 0 Å². The number of halogens is 2. The van der Waals surface area contributed by atoms with Crippen molar-refractivity contribution in [1.29, 1.82) is 5.26 Å². The van der Waals surface area contributed by atoms with E-state index in [1.807, 2.05) is 6.07 Å². The Labute approximate surface area is 80.5 Å². The molecule has 1 aromatic rings. The second-order valence-electron chi connectivity index (χ2n) is 1.59. The molecule has 0 amide bonds. The summed E-state index contributed by atoms with van der Waals surface area (Å²) in [5, 5.41) is 8.52. The minimum Gasteiger partial charge on any atom is -0.262 e. The van der Waals surface area contributed by atoms with E-state index in [1.165, 1.54) is 6.20 Å². The van der Waals surface area contributed by atoms with E-state index in [0.29, 0.717) is 5.56 Å². The lowest BCUT2D eigenvalue weighted by Crippen LogP contribution is -1.83. The van der Waals surface area contributed by atoms with Crippen LogP contribution in [0.3, 0.4) is 0 Å². The van der Waals surface area contributed by atoms with E-state index in [4.69, 9.17) is 5.26 Å². The molecule has 10 heavy (non-hydrogen) atoms. The topological polar surface area (TPSA) is 36.7 Å². The summed E-state index contributed by atoms with van der Waals surface area (Å²) in [4.78, 5) is 3.86. The van der Waals surface area contributed by atoms with Gasteiger partial charge in [-0.2, -0.15) is 5.26 Å². The van der Waals surface area contributed by atoms with Gasteiger partial charge in [0, 0.05) is 16.0 Å². The lowest BCUT2D eigenvalue weighted by molar-refractivity contribution is 1.26. The van der Waals surface area contributed by atoms with Crippen molar-refractivity contribution >= 4 is 38.5 Å². The molecule has 0 aromatic carbocycles. The van der Waals surface area contributed by atoms with Gasteiger partial charge < -0.3 is 0 Å². The molecule has 0 saturated heterocycles. The van der Waals surface area contributed by atoms with Crippen molar-refractivity contribution in [2.75, 3.05) is 0 Å². The highest BCUT2D eigenvalue weighted by Gasteiger charge is 2.01. The van der Waals surface area contributed by atoms with E-state index >= 15 is 0 Å². The molecule has 0 N–H and O–H groups in total. The van der Waals surface area contributed by atoms with Gasteiger partial charge in [-0.1, -0.05) is 0 Å². The van der Waals surface area contributed by atoms with Crippen LogP contribution in [0.1, 0.15) is 5.56 Å². The van der Waals surface area contributed by atoms with Gasteiger partial charge in [-0.3, -0.25) is 4.98 Å². The largest absolute Gasteiger partial charge is 0.262 e. The molecule has 1 aromatic heterocycles. The number of hydrogen-bond acceptors (Lipinski definition) is 2. The third-order valence-corrected chi connectivity index (χ3v) is 3.37. The Hall–Kier alpha value is -0.150. The molecule has 0 aliphatic carbocycles. The van der Waals surface area contributed by atoms with Crippen LogP contribution >= 0.6 is 38.5 Å². The minimum atomic E-state index is 0.576. The summed E-state index contributed by atoms with van der Waals surface area (Å²) in [6.07, 6.45) is 3.23. The van der Waals surface area contributed by atoms with Crippen LogP contribution in [0.4, 0.5) is 0 Å². The van der Waals surface area contributed by atoms with Crippen LogP contribution in [0.25, 0.3) is 0 Å². The third kappa shape index (κ3) is 1.47. The highest BCUT2D eigenvalue weighted by molar-refractivity contribution is 14.1. The predicted octanol–water partition coefficient (Wildman–Crippen LogP) is 2.32. The monoisotopic (exact) mass is 308 g/mol. The summed E-state index contributed by atoms with van der Waals surface area (Å²) in [5.74, 6) is 0. The zero-order valence-electron chi connectivity index (χ0n) is 4.81. The van der Waals surface area contributed by atoms with Crippen LogP contribution in [0.2, 0.25) is 0 Å². The molecule has 0 fully saturated rings. The van der Waals surface area contributed by atoms with E-state index in [2.05, 4.69) is 43.5 Å². The molecule has 0 bridgehead atoms. The molecule has 0 atom stereocenters. The average Bonchev–Trinajstić information content (AvgIpc) is 1.95. The molecule has 1 rings (SSSR count). The fraction of sp³-hybridized carbons (Fsp3) is 0. The van der Waals surface area contributed by atoms with Gasteiger partial charge in [-0.15, -0.1) is 0 Å². The van der Waals surface area contributed by atoms with Gasteiger partial charge in [0.25, 0.3) is 0 Å². The fourth-order valence-corrected chi connectivity index (χ4v) is 1.24. The van der Waals surface area contributed by atoms with E-state index in [1.54, 1.807) is 6.20 Å². The Morgan fingerprint density at radius 1 is 1.60 bits per heavy atom. The lowest BCUT2D eigenvalue weighted by Gasteiger charge is -1.94. The van der Waals surface area contributed by atoms with E-state index in [-0.39, 0.29) is 0 Å². The van der Waals surface area contributed by atoms with E-state index in [0.717, 1.165) is 8.04 Å². The summed E-state index contributed by atoms with van der Waals surface area (Å²) in [7, 11) is 0. The van der Waals surface area contributed by atoms with Crippen molar-refractivity contribution in [3.05, 3.63) is 26.0 Å². The van der Waals surface area contributed by atoms with Crippen LogP contribution in [0, 0.1) is 14.9 Å². The molecular weight excluding hydrogens is 307 g/mol. The second kappa shape index (κ2) is 3.30. The molecule has 1 heterocycles. The Balaban J connectivity index is 3.31. The number of nitriles is 1. The lowest BCUT2D eigenvalue weighted by atomic mass is 10.3. The number of rotatable bonds is 0. The first kappa shape index (κ1) is 7.95. The van der Waals surface area contributed by atoms with Crippen LogP contribution in [0.15, 0.2) is 16.9 Å². The molecule has 0 aliphatic heterocycles. The molecule has 50 valence electrons. The number of nitrogens with zero attached hydrogens (tertiary/aromatic N) is 2. The number of hydrogen-bond donors (Lipinski definition) is 0. The summed E-state index contributed by atoms with van der Waals surface area (Å²) < 4.78 is 1.78. The fourth-order valence-electron chi connectivity index (χ4n) is 0.497. The Bertz CT molecular complexity index is 292. The summed E-state index contributed by atoms with van der Waals surface area (Å²) in [6, 6.07) is 2.02. The van der Waals surface area contributed by atoms with E-state index in [9.17, 15) is 0 Å². The van der Waals surface area contributed by atoms with Gasteiger partial charge in [0.2, 0.25) is 0 Å². The summed E-state index contributed by atoms with van der Waals surface area (Å²) >= 11 is 5.38. The highest BCUT2D eigenvalue weighted by Crippen LogP contribution is 2.20. The maximum Gasteiger partial charge on any atom is 0.102 e. The molecular formula is C6H2BrIN2. The second-order valence-corrected chi connectivity index (χ2v) is 3.55. The molecule has 4 heteroatoms. The Morgan fingerprint density at radius 2 is 2.30 bits per heavy atom. The van der Waals surface area contributed by atoms with Crippen molar-refractivity contribution in [2.45, 2.75) is 0 Å². The third-order valence-electron chi connectivity index (χ3n) is 0.958. The molecule has 0 saturated carbocycles. The zero-order valence-corrected chi connectivity index (χ0v) is 8.55. The van der Waals surface area contributed by atoms with Crippen LogP contribution in [-0.4, -0.2) is 4.98 Å². The van der Waals surface area contributed by atoms with Crippen molar-refractivity contribution in [1.82, 2.24) is 4.98 Å². The highest BCUT2D eigenvalue weighted by atomic mass is 127. The molecule has 0 spiro atoms. The predicted molar refractivity (Wildman–Crippen MR) is 49.4 cm³/mol. The first-order valence-electron chi connectivity index (χ1n) is 2.45. The zero-order chi connectivity index (χ0) is 7.56. The van der Waals surface area contributed by atoms with Gasteiger partial charge in [-0.05, 0) is 38.5 Å². The Morgan fingerprint density at radius 3 is 2.80 bits per heavy atom. The van der Waals surface area contributed by atoms with Gasteiger partial charge in [0.05, 0.1) is 10.0 Å². The smallest absolute Gasteiger partial charge is 0.102 e. The normalized spacial score (nSPS) is 8.90. The maximum atomic E-state index is 8.52. The summed E-state index contributed by atoms with van der Waals surface area (Å²) in [5.41, 5.74) is 0.576. The van der Waals surface area contributed by atoms with Gasteiger partial charge in [0.15, 0.2) is 0 Å². The summed E-state index contributed by atoms with van der Waals surface area (Å²) in [6.45, 7) is 0.